The van der Waals surface area contributed by atoms with Crippen LogP contribution in [0, 0.1) is 5.82 Å². The maximum absolute atomic E-state index is 13.7. The fourth-order valence-electron chi connectivity index (χ4n) is 1.88. The Morgan fingerprint density at radius 2 is 2.05 bits per heavy atom. The van der Waals surface area contributed by atoms with Crippen LogP contribution >= 0.6 is 0 Å². The summed E-state index contributed by atoms with van der Waals surface area (Å²) in [7, 11) is 1.10. The molecule has 1 aromatic carbocycles. The summed E-state index contributed by atoms with van der Waals surface area (Å²) in [6.45, 7) is 2.24. The van der Waals surface area contributed by atoms with Crippen LogP contribution in [0.5, 0.6) is 5.75 Å². The summed E-state index contributed by atoms with van der Waals surface area (Å²) in [5, 5.41) is 0. The molecule has 0 aromatic heterocycles. The van der Waals surface area contributed by atoms with Crippen LogP contribution in [0.25, 0.3) is 0 Å². The zero-order valence-corrected chi connectivity index (χ0v) is 12.8. The second kappa shape index (κ2) is 6.38. The second-order valence-corrected chi connectivity index (χ2v) is 6.53. The van der Waals surface area contributed by atoms with Gasteiger partial charge in [-0.05, 0) is 33.2 Å². The van der Waals surface area contributed by atoms with Crippen LogP contribution in [-0.2, 0) is 10.0 Å². The van der Waals surface area contributed by atoms with Gasteiger partial charge in [0, 0.05) is 12.6 Å². The molecule has 20 heavy (non-hydrogen) atoms. The van der Waals surface area contributed by atoms with Crippen molar-refractivity contribution in [3.8, 4) is 5.75 Å². The molecule has 114 valence electrons. The topological polar surface area (TPSA) is 84.7 Å². The van der Waals surface area contributed by atoms with Crippen molar-refractivity contribution in [1.82, 2.24) is 9.62 Å². The van der Waals surface area contributed by atoms with E-state index in [4.69, 9.17) is 10.5 Å². The van der Waals surface area contributed by atoms with Crippen molar-refractivity contribution in [2.45, 2.75) is 17.9 Å². The van der Waals surface area contributed by atoms with Crippen LogP contribution in [-0.4, -0.2) is 47.1 Å². The van der Waals surface area contributed by atoms with Gasteiger partial charge in [-0.3, -0.25) is 0 Å². The van der Waals surface area contributed by atoms with E-state index in [1.165, 1.54) is 13.2 Å². The van der Waals surface area contributed by atoms with E-state index in [1.807, 2.05) is 19.0 Å². The average Bonchev–Trinajstić information content (AvgIpc) is 2.26. The highest BCUT2D eigenvalue weighted by molar-refractivity contribution is 7.89. The van der Waals surface area contributed by atoms with Crippen LogP contribution in [0.3, 0.4) is 0 Å². The van der Waals surface area contributed by atoms with Crippen molar-refractivity contribution in [1.29, 1.82) is 0 Å². The molecule has 0 radical (unpaired) electrons. The van der Waals surface area contributed by atoms with Crippen LogP contribution in [0.2, 0.25) is 0 Å². The summed E-state index contributed by atoms with van der Waals surface area (Å²) in [5.41, 5.74) is 5.51. The van der Waals surface area contributed by atoms with E-state index in [2.05, 4.69) is 4.72 Å². The number of nitrogens with one attached hydrogen (secondary N) is 1. The lowest BCUT2D eigenvalue weighted by atomic mass is 10.3. The molecule has 6 nitrogen and oxygen atoms in total. The third-order valence-electron chi connectivity index (χ3n) is 2.56. The summed E-state index contributed by atoms with van der Waals surface area (Å²) in [5.74, 6) is -0.974. The van der Waals surface area contributed by atoms with Crippen molar-refractivity contribution < 1.29 is 17.5 Å². The van der Waals surface area contributed by atoms with E-state index in [1.54, 1.807) is 6.92 Å². The van der Waals surface area contributed by atoms with E-state index in [9.17, 15) is 12.8 Å². The minimum Gasteiger partial charge on any atom is -0.492 e. The molecule has 0 spiro atoms. The molecular weight excluding hydrogens is 285 g/mol. The van der Waals surface area contributed by atoms with Gasteiger partial charge in [0.25, 0.3) is 0 Å². The molecular formula is C12H20FN3O3S. The molecule has 0 amide bonds. The Hall–Kier alpha value is -1.38. The number of hydrogen-bond acceptors (Lipinski definition) is 5. The van der Waals surface area contributed by atoms with Crippen LogP contribution in [0.15, 0.2) is 17.0 Å². The van der Waals surface area contributed by atoms with Crippen molar-refractivity contribution in [3.05, 3.63) is 17.9 Å². The molecule has 0 aliphatic carbocycles. The molecule has 1 unspecified atom stereocenters. The van der Waals surface area contributed by atoms with Gasteiger partial charge in [0.1, 0.15) is 0 Å². The van der Waals surface area contributed by atoms with Crippen LogP contribution < -0.4 is 15.2 Å². The lowest BCUT2D eigenvalue weighted by molar-refractivity contribution is 0.370. The van der Waals surface area contributed by atoms with Crippen LogP contribution in [0.1, 0.15) is 6.92 Å². The van der Waals surface area contributed by atoms with E-state index in [-0.39, 0.29) is 22.4 Å². The maximum atomic E-state index is 13.7. The second-order valence-electron chi connectivity index (χ2n) is 4.81. The zero-order chi connectivity index (χ0) is 15.5. The number of rotatable bonds is 6. The smallest absolute Gasteiger partial charge is 0.241 e. The lowest BCUT2D eigenvalue weighted by Gasteiger charge is -2.18. The molecule has 1 atom stereocenters. The van der Waals surface area contributed by atoms with Gasteiger partial charge in [0.05, 0.1) is 17.7 Å². The number of nitrogens with zero attached hydrogens (tertiary/aromatic N) is 1. The number of sulfonamides is 1. The molecule has 0 aliphatic rings. The molecule has 0 bridgehead atoms. The Labute approximate surface area is 118 Å². The first-order chi connectivity index (χ1) is 9.17. The number of ether oxygens (including phenoxy) is 1. The van der Waals surface area contributed by atoms with Crippen molar-refractivity contribution in [2.75, 3.05) is 33.5 Å². The SMILES string of the molecule is COc1c(N)cc(S(=O)(=O)NC(C)CN(C)C)cc1F. The number of nitrogens with two attached hydrogens (primary N) is 1. The van der Waals surface area contributed by atoms with Gasteiger partial charge in [-0.25, -0.2) is 17.5 Å². The van der Waals surface area contributed by atoms with Gasteiger partial charge in [-0.1, -0.05) is 0 Å². The molecule has 0 fully saturated rings. The minimum atomic E-state index is -3.83. The first-order valence-corrected chi connectivity index (χ1v) is 7.45. The first kappa shape index (κ1) is 16.7. The fourth-order valence-corrected chi connectivity index (χ4v) is 3.16. The summed E-state index contributed by atoms with van der Waals surface area (Å²) in [6, 6.07) is 1.74. The summed E-state index contributed by atoms with van der Waals surface area (Å²) < 4.78 is 45.2. The standard InChI is InChI=1S/C12H20FN3O3S/c1-8(7-16(2)3)15-20(17,18)9-5-10(13)12(19-4)11(14)6-9/h5-6,8,15H,7,14H2,1-4H3. The van der Waals surface area contributed by atoms with Gasteiger partial charge in [-0.15, -0.1) is 0 Å². The van der Waals surface area contributed by atoms with Crippen molar-refractivity contribution >= 4 is 15.7 Å². The average molecular weight is 305 g/mol. The van der Waals surface area contributed by atoms with E-state index < -0.39 is 15.8 Å². The summed E-state index contributed by atoms with van der Waals surface area (Å²) in [4.78, 5) is 1.62. The normalized spacial score (nSPS) is 13.5. The van der Waals surface area contributed by atoms with E-state index >= 15 is 0 Å². The summed E-state index contributed by atoms with van der Waals surface area (Å²) >= 11 is 0. The molecule has 0 heterocycles. The third-order valence-corrected chi connectivity index (χ3v) is 4.12. The summed E-state index contributed by atoms with van der Waals surface area (Å²) in [6.07, 6.45) is 0. The number of methoxy groups -OCH3 is 1. The Morgan fingerprint density at radius 3 is 2.50 bits per heavy atom. The van der Waals surface area contributed by atoms with Gasteiger partial charge in [0.2, 0.25) is 10.0 Å². The number of benzene rings is 1. The predicted octanol–water partition coefficient (Wildman–Crippen LogP) is 0.645. The van der Waals surface area contributed by atoms with Gasteiger partial charge < -0.3 is 15.4 Å². The number of likely N-dealkylation sites (N-methyl/N-ethyl adjacent to an activating group) is 1. The highest BCUT2D eigenvalue weighted by Crippen LogP contribution is 2.28. The Balaban J connectivity index is 3.04. The molecule has 1 aromatic rings. The highest BCUT2D eigenvalue weighted by atomic mass is 32.2. The highest BCUT2D eigenvalue weighted by Gasteiger charge is 2.21. The molecule has 3 N–H and O–H groups in total. The number of hydrogen-bond donors (Lipinski definition) is 2. The fraction of sp³-hybridized carbons (Fsp3) is 0.500. The monoisotopic (exact) mass is 305 g/mol. The molecule has 1 rings (SSSR count). The van der Waals surface area contributed by atoms with Gasteiger partial charge in [-0.2, -0.15) is 0 Å². The quantitative estimate of drug-likeness (QED) is 0.754. The predicted molar refractivity (Wildman–Crippen MR) is 75.7 cm³/mol. The van der Waals surface area contributed by atoms with Crippen LogP contribution in [0.4, 0.5) is 10.1 Å². The number of halogens is 1. The molecule has 0 saturated heterocycles. The van der Waals surface area contributed by atoms with Gasteiger partial charge >= 0.3 is 0 Å². The Kier molecular flexibility index (Phi) is 5.32. The van der Waals surface area contributed by atoms with E-state index in [0.717, 1.165) is 6.07 Å². The molecule has 0 saturated carbocycles. The first-order valence-electron chi connectivity index (χ1n) is 5.97. The molecule has 8 heteroatoms. The van der Waals surface area contributed by atoms with Crippen molar-refractivity contribution in [2.24, 2.45) is 0 Å². The largest absolute Gasteiger partial charge is 0.492 e. The number of anilines is 1. The lowest BCUT2D eigenvalue weighted by Crippen LogP contribution is -2.39. The molecule has 0 aliphatic heterocycles. The zero-order valence-electron chi connectivity index (χ0n) is 12.0. The van der Waals surface area contributed by atoms with E-state index in [0.29, 0.717) is 6.54 Å². The minimum absolute atomic E-state index is 0.0619. The van der Waals surface area contributed by atoms with Gasteiger partial charge in [0.15, 0.2) is 11.6 Å². The Bertz CT molecular complexity index is 552. The Morgan fingerprint density at radius 1 is 1.45 bits per heavy atom. The van der Waals surface area contributed by atoms with Crippen molar-refractivity contribution in [3.63, 3.8) is 0 Å². The third kappa shape index (κ3) is 4.06. The maximum Gasteiger partial charge on any atom is 0.241 e. The number of nitrogen functional groups attached to an aromatic ring is 1.